The lowest BCUT2D eigenvalue weighted by Gasteiger charge is -2.76. The highest BCUT2D eigenvalue weighted by Crippen LogP contribution is 3.04. The molecule has 10 aliphatic carbocycles. The Labute approximate surface area is 193 Å². The molecule has 0 aromatic carbocycles. The molecule has 8 fully saturated rings. The maximum absolute atomic E-state index is 4.12. The Kier molecular flexibility index (Phi) is 2.68. The van der Waals surface area contributed by atoms with E-state index in [0.29, 0.717) is 21.7 Å². The van der Waals surface area contributed by atoms with Crippen molar-refractivity contribution in [2.45, 2.75) is 25.7 Å². The average molecular weight is 421 g/mol. The zero-order valence-corrected chi connectivity index (χ0v) is 19.2. The van der Waals surface area contributed by atoms with E-state index in [1.807, 2.05) is 0 Å². The highest BCUT2D eigenvalue weighted by atomic mass is 15.0. The molecule has 0 aliphatic heterocycles. The molecule has 10 rings (SSSR count). The Morgan fingerprint density at radius 1 is 0.469 bits per heavy atom. The van der Waals surface area contributed by atoms with Crippen LogP contribution in [0, 0.1) is 92.7 Å². The van der Waals surface area contributed by atoms with Gasteiger partial charge in [0.05, 0.1) is 0 Å². The van der Waals surface area contributed by atoms with Crippen molar-refractivity contribution in [3.05, 3.63) is 74.9 Å². The molecule has 0 heteroatoms. The Morgan fingerprint density at radius 3 is 0.938 bits per heavy atom. The Bertz CT molecular complexity index is 907. The lowest BCUT2D eigenvalue weighted by molar-refractivity contribution is -0.266. The van der Waals surface area contributed by atoms with E-state index in [4.69, 9.17) is 0 Å². The third-order valence-electron chi connectivity index (χ3n) is 14.1. The van der Waals surface area contributed by atoms with E-state index in [1.54, 1.807) is 0 Å². The van der Waals surface area contributed by atoms with E-state index in [1.165, 1.54) is 25.7 Å². The van der Waals surface area contributed by atoms with Gasteiger partial charge in [-0.15, -0.1) is 26.3 Å². The van der Waals surface area contributed by atoms with Crippen molar-refractivity contribution in [3.8, 4) is 0 Å². The molecule has 0 aromatic rings. The fourth-order valence-electron chi connectivity index (χ4n) is 13.1. The van der Waals surface area contributed by atoms with E-state index >= 15 is 0 Å². The number of hydrogen-bond acceptors (Lipinski definition) is 0. The van der Waals surface area contributed by atoms with Gasteiger partial charge in [0.1, 0.15) is 0 Å². The molecule has 0 saturated heterocycles. The molecule has 0 radical (unpaired) electrons. The molecular weight excluding hydrogens is 384 g/mol. The van der Waals surface area contributed by atoms with E-state index in [-0.39, 0.29) is 0 Å². The smallest absolute Gasteiger partial charge is 0.00161 e. The molecule has 0 nitrogen and oxygen atoms in total. The molecule has 0 amide bonds. The molecule has 8 saturated carbocycles. The first kappa shape index (κ1) is 17.9. The van der Waals surface area contributed by atoms with Gasteiger partial charge in [0.25, 0.3) is 0 Å². The standard InChI is InChI=1S/C18H20.C14H16/c1-5-15-9-16(15,6-2)12-11(15)13-14(12)18(8-4)10-17(13,18)7-3;1-2-8-5-7(1)11-12(8)14-10-4-3-9(6-10)13(11)14/h5-8,11-14H,1-4,9-10H2;1-4,7-14H,5-6H2. The van der Waals surface area contributed by atoms with Gasteiger partial charge in [0, 0.05) is 21.7 Å². The summed E-state index contributed by atoms with van der Waals surface area (Å²) in [5.74, 6) is 12.0. The van der Waals surface area contributed by atoms with Crippen molar-refractivity contribution < 1.29 is 0 Å². The Hall–Kier alpha value is -1.56. The first-order valence-corrected chi connectivity index (χ1v) is 13.5. The molecule has 0 aromatic heterocycles. The highest BCUT2D eigenvalue weighted by molar-refractivity contribution is 5.56. The molecule has 0 N–H and O–H groups in total. The summed E-state index contributed by atoms with van der Waals surface area (Å²) in [6, 6.07) is 0. The fourth-order valence-corrected chi connectivity index (χ4v) is 13.1. The second-order valence-electron chi connectivity index (χ2n) is 13.6. The lowest BCUT2D eigenvalue weighted by Crippen LogP contribution is -2.73. The van der Waals surface area contributed by atoms with Crippen LogP contribution in [-0.2, 0) is 0 Å². The van der Waals surface area contributed by atoms with Crippen molar-refractivity contribution in [1.82, 2.24) is 0 Å². The minimum Gasteiger partial charge on any atom is -0.102 e. The van der Waals surface area contributed by atoms with Crippen molar-refractivity contribution >= 4 is 0 Å². The molecule has 0 heterocycles. The van der Waals surface area contributed by atoms with Crippen LogP contribution in [0.15, 0.2) is 74.9 Å². The van der Waals surface area contributed by atoms with Crippen LogP contribution >= 0.6 is 0 Å². The van der Waals surface area contributed by atoms with E-state index in [2.05, 4.69) is 74.9 Å². The molecule has 4 bridgehead atoms. The van der Waals surface area contributed by atoms with Gasteiger partial charge in [-0.3, -0.25) is 0 Å². The summed E-state index contributed by atoms with van der Waals surface area (Å²) in [5.41, 5.74) is 1.69. The lowest BCUT2D eigenvalue weighted by atomic mass is 9.27. The number of fused-ring (bicyclic) bond motifs is 22. The first-order valence-electron chi connectivity index (χ1n) is 13.5. The quantitative estimate of drug-likeness (QED) is 0.344. The van der Waals surface area contributed by atoms with Crippen LogP contribution in [0.4, 0.5) is 0 Å². The maximum atomic E-state index is 4.12. The van der Waals surface area contributed by atoms with Crippen molar-refractivity contribution in [1.29, 1.82) is 0 Å². The topological polar surface area (TPSA) is 0 Å². The normalized spacial score (nSPS) is 70.8. The first-order chi connectivity index (χ1) is 15.6. The molecule has 10 aliphatic rings. The minimum absolute atomic E-state index is 0.423. The van der Waals surface area contributed by atoms with Gasteiger partial charge in [-0.25, -0.2) is 0 Å². The van der Waals surface area contributed by atoms with Gasteiger partial charge in [-0.05, 0) is 96.7 Å². The van der Waals surface area contributed by atoms with Crippen LogP contribution in [0.1, 0.15) is 25.7 Å². The van der Waals surface area contributed by atoms with Crippen LogP contribution in [0.2, 0.25) is 0 Å². The minimum atomic E-state index is 0.423. The van der Waals surface area contributed by atoms with Crippen molar-refractivity contribution in [2.24, 2.45) is 92.7 Å². The summed E-state index contributed by atoms with van der Waals surface area (Å²) < 4.78 is 0. The van der Waals surface area contributed by atoms with E-state index in [9.17, 15) is 0 Å². The summed E-state index contributed by atoms with van der Waals surface area (Å²) in [6.45, 7) is 16.5. The largest absolute Gasteiger partial charge is 0.102 e. The van der Waals surface area contributed by atoms with Gasteiger partial charge in [-0.1, -0.05) is 48.6 Å². The van der Waals surface area contributed by atoms with Crippen LogP contribution in [0.5, 0.6) is 0 Å². The van der Waals surface area contributed by atoms with Crippen molar-refractivity contribution in [3.63, 3.8) is 0 Å². The molecular formula is C32H36. The highest BCUT2D eigenvalue weighted by Gasteiger charge is 3.00. The second-order valence-corrected chi connectivity index (χ2v) is 13.6. The third kappa shape index (κ3) is 1.34. The van der Waals surface area contributed by atoms with Gasteiger partial charge in [-0.2, -0.15) is 0 Å². The molecule has 0 spiro atoms. The molecule has 4 atom stereocenters. The fraction of sp³-hybridized carbons (Fsp3) is 0.625. The number of hydrogen-bond donors (Lipinski definition) is 0. The summed E-state index contributed by atoms with van der Waals surface area (Å²) in [5, 5.41) is 0. The summed E-state index contributed by atoms with van der Waals surface area (Å²) in [4.78, 5) is 0. The third-order valence-corrected chi connectivity index (χ3v) is 14.1. The van der Waals surface area contributed by atoms with Crippen LogP contribution in [-0.4, -0.2) is 0 Å². The van der Waals surface area contributed by atoms with Gasteiger partial charge >= 0.3 is 0 Å². The maximum Gasteiger partial charge on any atom is 0.00161 e. The van der Waals surface area contributed by atoms with Gasteiger partial charge in [0.2, 0.25) is 0 Å². The van der Waals surface area contributed by atoms with Gasteiger partial charge < -0.3 is 0 Å². The van der Waals surface area contributed by atoms with Crippen molar-refractivity contribution in [2.75, 3.05) is 0 Å². The molecule has 32 heavy (non-hydrogen) atoms. The summed E-state index contributed by atoms with van der Waals surface area (Å²) in [6.07, 6.45) is 24.8. The number of allylic oxidation sites excluding steroid dienone is 8. The second kappa shape index (κ2) is 4.80. The van der Waals surface area contributed by atoms with Crippen LogP contribution < -0.4 is 0 Å². The van der Waals surface area contributed by atoms with E-state index in [0.717, 1.165) is 71.0 Å². The zero-order chi connectivity index (χ0) is 21.4. The molecule has 4 unspecified atom stereocenters. The Balaban J connectivity index is 0.000000103. The summed E-state index contributed by atoms with van der Waals surface area (Å²) in [7, 11) is 0. The SMILES string of the molecule is C1=CC2CC1C1C2C2C3C=CC(C3)C12.C=CC12CC1(C=C)C1C2C2C1C1(C=C)CC21C=C. The predicted octanol–water partition coefficient (Wildman–Crippen LogP) is 6.87. The van der Waals surface area contributed by atoms with Gasteiger partial charge in [0.15, 0.2) is 0 Å². The zero-order valence-electron chi connectivity index (χ0n) is 19.2. The molecule has 164 valence electrons. The number of rotatable bonds is 4. The van der Waals surface area contributed by atoms with Crippen LogP contribution in [0.25, 0.3) is 0 Å². The average Bonchev–Trinajstić information content (AvgIpc) is 3.15. The monoisotopic (exact) mass is 420 g/mol. The Morgan fingerprint density at radius 2 is 0.719 bits per heavy atom. The van der Waals surface area contributed by atoms with E-state index < -0.39 is 0 Å². The summed E-state index contributed by atoms with van der Waals surface area (Å²) >= 11 is 0. The van der Waals surface area contributed by atoms with Crippen LogP contribution in [0.3, 0.4) is 0 Å². The predicted molar refractivity (Wildman–Crippen MR) is 129 cm³/mol.